The number of sulfonamides is 1. The van der Waals surface area contributed by atoms with E-state index in [9.17, 15) is 8.42 Å². The Kier molecular flexibility index (Phi) is 8.08. The van der Waals surface area contributed by atoms with E-state index in [0.717, 1.165) is 30.9 Å². The molecule has 0 heterocycles. The lowest BCUT2D eigenvalue weighted by molar-refractivity contribution is 0.204. The van der Waals surface area contributed by atoms with Crippen molar-refractivity contribution in [2.75, 3.05) is 26.8 Å². The van der Waals surface area contributed by atoms with Crippen LogP contribution in [0.2, 0.25) is 0 Å². The van der Waals surface area contributed by atoms with Crippen LogP contribution >= 0.6 is 0 Å². The largest absolute Gasteiger partial charge is 0.383 e. The zero-order chi connectivity index (χ0) is 18.8. The number of methoxy groups -OCH3 is 1. The van der Waals surface area contributed by atoms with Gasteiger partial charge in [0.15, 0.2) is 5.96 Å². The predicted octanol–water partition coefficient (Wildman–Crippen LogP) is 1.39. The van der Waals surface area contributed by atoms with Crippen molar-refractivity contribution in [2.24, 2.45) is 4.99 Å². The molecule has 1 aliphatic rings. The zero-order valence-electron chi connectivity index (χ0n) is 15.4. The van der Waals surface area contributed by atoms with E-state index >= 15 is 0 Å². The summed E-state index contributed by atoms with van der Waals surface area (Å²) in [5.74, 6) is 0.743. The first-order valence-electron chi connectivity index (χ1n) is 8.82. The molecule has 26 heavy (non-hydrogen) atoms. The number of benzene rings is 1. The van der Waals surface area contributed by atoms with E-state index in [-0.39, 0.29) is 11.4 Å². The van der Waals surface area contributed by atoms with E-state index in [1.807, 2.05) is 13.0 Å². The third-order valence-electron chi connectivity index (χ3n) is 3.92. The van der Waals surface area contributed by atoms with Gasteiger partial charge in [0, 0.05) is 26.2 Å². The van der Waals surface area contributed by atoms with E-state index < -0.39 is 10.0 Å². The fourth-order valence-corrected chi connectivity index (χ4v) is 3.67. The summed E-state index contributed by atoms with van der Waals surface area (Å²) in [6.07, 6.45) is 6.30. The number of hydrogen-bond acceptors (Lipinski definition) is 4. The summed E-state index contributed by atoms with van der Waals surface area (Å²) in [6, 6.07) is 7.20. The van der Waals surface area contributed by atoms with Gasteiger partial charge in [0.2, 0.25) is 10.0 Å². The van der Waals surface area contributed by atoms with Crippen molar-refractivity contribution in [3.05, 3.63) is 42.0 Å². The smallest absolute Gasteiger partial charge is 0.240 e. The number of hydrogen-bond donors (Lipinski definition) is 3. The number of rotatable bonds is 9. The monoisotopic (exact) mass is 380 g/mol. The molecule has 3 N–H and O–H groups in total. The van der Waals surface area contributed by atoms with Gasteiger partial charge in [0.1, 0.15) is 0 Å². The molecule has 7 nitrogen and oxygen atoms in total. The maximum absolute atomic E-state index is 12.3. The second kappa shape index (κ2) is 10.3. The summed E-state index contributed by atoms with van der Waals surface area (Å²) in [5, 5.41) is 6.62. The lowest BCUT2D eigenvalue weighted by Gasteiger charge is -2.16. The zero-order valence-corrected chi connectivity index (χ0v) is 16.2. The molecule has 0 atom stereocenters. The fraction of sp³-hybridized carbons (Fsp3) is 0.500. The van der Waals surface area contributed by atoms with Crippen LogP contribution in [0.3, 0.4) is 0 Å². The van der Waals surface area contributed by atoms with Crippen LogP contribution in [0.4, 0.5) is 0 Å². The summed E-state index contributed by atoms with van der Waals surface area (Å²) >= 11 is 0. The predicted molar refractivity (Wildman–Crippen MR) is 104 cm³/mol. The van der Waals surface area contributed by atoms with Gasteiger partial charge in [-0.2, -0.15) is 0 Å². The molecule has 0 amide bonds. The van der Waals surface area contributed by atoms with Gasteiger partial charge in [-0.25, -0.2) is 18.1 Å². The number of nitrogens with one attached hydrogen (secondary N) is 3. The molecule has 8 heteroatoms. The summed E-state index contributed by atoms with van der Waals surface area (Å²) in [6.45, 7) is 3.76. The molecule has 0 radical (unpaired) electrons. The van der Waals surface area contributed by atoms with Crippen LogP contribution in [0, 0.1) is 0 Å². The first kappa shape index (κ1) is 20.4. The van der Waals surface area contributed by atoms with Crippen molar-refractivity contribution >= 4 is 16.0 Å². The van der Waals surface area contributed by atoms with Gasteiger partial charge < -0.3 is 15.4 Å². The Morgan fingerprint density at radius 3 is 2.77 bits per heavy atom. The topological polar surface area (TPSA) is 91.8 Å². The number of ether oxygens (including phenoxy) is 1. The first-order chi connectivity index (χ1) is 12.5. The molecule has 0 spiro atoms. The van der Waals surface area contributed by atoms with Crippen molar-refractivity contribution in [1.29, 1.82) is 0 Å². The lowest BCUT2D eigenvalue weighted by Crippen LogP contribution is -2.42. The van der Waals surface area contributed by atoms with E-state index in [1.54, 1.807) is 18.2 Å². The number of aliphatic imine (C=N–C) groups is 1. The Hall–Kier alpha value is -1.90. The second-order valence-electron chi connectivity index (χ2n) is 6.02. The lowest BCUT2D eigenvalue weighted by atomic mass is 10.2. The Morgan fingerprint density at radius 2 is 2.08 bits per heavy atom. The molecule has 0 bridgehead atoms. The van der Waals surface area contributed by atoms with Crippen molar-refractivity contribution in [1.82, 2.24) is 15.4 Å². The van der Waals surface area contributed by atoms with E-state index in [0.29, 0.717) is 19.2 Å². The van der Waals surface area contributed by atoms with Crippen LogP contribution < -0.4 is 15.4 Å². The van der Waals surface area contributed by atoms with Crippen LogP contribution in [-0.4, -0.2) is 47.2 Å². The van der Waals surface area contributed by atoms with Crippen molar-refractivity contribution < 1.29 is 13.2 Å². The third-order valence-corrected chi connectivity index (χ3v) is 5.38. The van der Waals surface area contributed by atoms with Gasteiger partial charge in [-0.3, -0.25) is 0 Å². The standard InChI is InChI=1S/C18H28N4O3S/c1-3-19-18(22-16-8-4-5-9-16)20-14-15-7-6-10-17(13-15)26(23,24)21-11-12-25-2/h4-7,10,13,16,21H,3,8-9,11-12,14H2,1-2H3,(H2,19,20,22). The molecule has 0 aromatic heterocycles. The Balaban J connectivity index is 2.03. The quantitative estimate of drug-likeness (QED) is 0.261. The molecule has 0 aliphatic heterocycles. The normalized spacial score (nSPS) is 15.4. The molecule has 144 valence electrons. The molecule has 1 aliphatic carbocycles. The minimum atomic E-state index is -3.54. The van der Waals surface area contributed by atoms with Gasteiger partial charge in [-0.15, -0.1) is 0 Å². The minimum absolute atomic E-state index is 0.235. The van der Waals surface area contributed by atoms with Gasteiger partial charge in [0.25, 0.3) is 0 Å². The van der Waals surface area contributed by atoms with Gasteiger partial charge >= 0.3 is 0 Å². The molecule has 2 rings (SSSR count). The first-order valence-corrected chi connectivity index (χ1v) is 10.3. The Morgan fingerprint density at radius 1 is 1.31 bits per heavy atom. The van der Waals surface area contributed by atoms with Crippen LogP contribution in [0.25, 0.3) is 0 Å². The van der Waals surface area contributed by atoms with Crippen molar-refractivity contribution in [3.63, 3.8) is 0 Å². The average molecular weight is 381 g/mol. The fourth-order valence-electron chi connectivity index (χ4n) is 2.59. The highest BCUT2D eigenvalue weighted by Crippen LogP contribution is 2.13. The molecular formula is C18H28N4O3S. The summed E-state index contributed by atoms with van der Waals surface area (Å²) in [7, 11) is -2.01. The highest BCUT2D eigenvalue weighted by atomic mass is 32.2. The third kappa shape index (κ3) is 6.44. The molecule has 1 aromatic rings. The maximum atomic E-state index is 12.3. The van der Waals surface area contributed by atoms with Gasteiger partial charge in [-0.1, -0.05) is 24.3 Å². The summed E-state index contributed by atoms with van der Waals surface area (Å²) in [5.41, 5.74) is 0.835. The van der Waals surface area contributed by atoms with E-state index in [2.05, 4.69) is 32.5 Å². The molecule has 0 saturated heterocycles. The molecule has 0 saturated carbocycles. The summed E-state index contributed by atoms with van der Waals surface area (Å²) < 4.78 is 32.0. The average Bonchev–Trinajstić information content (AvgIpc) is 3.13. The van der Waals surface area contributed by atoms with Crippen LogP contribution in [0.5, 0.6) is 0 Å². The molecule has 0 unspecified atom stereocenters. The minimum Gasteiger partial charge on any atom is -0.383 e. The SMILES string of the molecule is CCNC(=NCc1cccc(S(=O)(=O)NCCOC)c1)NC1CC=CC1. The second-order valence-corrected chi connectivity index (χ2v) is 7.78. The Bertz CT molecular complexity index is 724. The number of guanidine groups is 1. The molecule has 1 aromatic carbocycles. The van der Waals surface area contributed by atoms with E-state index in [1.165, 1.54) is 7.11 Å². The maximum Gasteiger partial charge on any atom is 0.240 e. The van der Waals surface area contributed by atoms with E-state index in [4.69, 9.17) is 4.74 Å². The van der Waals surface area contributed by atoms with Crippen LogP contribution in [-0.2, 0) is 21.3 Å². The van der Waals surface area contributed by atoms with Crippen LogP contribution in [0.15, 0.2) is 46.3 Å². The highest BCUT2D eigenvalue weighted by molar-refractivity contribution is 7.89. The Labute approximate surface area is 156 Å². The summed E-state index contributed by atoms with van der Waals surface area (Å²) in [4.78, 5) is 4.81. The molecule has 0 fully saturated rings. The van der Waals surface area contributed by atoms with Gasteiger partial charge in [-0.05, 0) is 37.5 Å². The molecular weight excluding hydrogens is 352 g/mol. The highest BCUT2D eigenvalue weighted by Gasteiger charge is 2.14. The number of nitrogens with zero attached hydrogens (tertiary/aromatic N) is 1. The van der Waals surface area contributed by atoms with Gasteiger partial charge in [0.05, 0.1) is 18.0 Å². The van der Waals surface area contributed by atoms with Crippen molar-refractivity contribution in [2.45, 2.75) is 37.2 Å². The van der Waals surface area contributed by atoms with Crippen molar-refractivity contribution in [3.8, 4) is 0 Å². The van der Waals surface area contributed by atoms with Crippen LogP contribution in [0.1, 0.15) is 25.3 Å².